The summed E-state index contributed by atoms with van der Waals surface area (Å²) in [6.45, 7) is 0.123. The maximum absolute atomic E-state index is 12.8. The number of hydrogen-bond acceptors (Lipinski definition) is 7. The van der Waals surface area contributed by atoms with Crippen LogP contribution in [0.3, 0.4) is 0 Å². The van der Waals surface area contributed by atoms with Gasteiger partial charge in [-0.15, -0.1) is 0 Å². The number of ether oxygens (including phenoxy) is 1. The van der Waals surface area contributed by atoms with Gasteiger partial charge in [-0.25, -0.2) is 18.2 Å². The Morgan fingerprint density at radius 2 is 1.85 bits per heavy atom. The Morgan fingerprint density at radius 1 is 1.09 bits per heavy atom. The van der Waals surface area contributed by atoms with Crippen LogP contribution in [0.5, 0.6) is 0 Å². The summed E-state index contributed by atoms with van der Waals surface area (Å²) in [7, 11) is -3.33. The fourth-order valence-corrected chi connectivity index (χ4v) is 4.37. The fraction of sp³-hybridized carbons (Fsp3) is 0.304. The lowest BCUT2D eigenvalue weighted by atomic mass is 10.1. The molecule has 172 valence electrons. The van der Waals surface area contributed by atoms with E-state index in [1.807, 2.05) is 0 Å². The second-order valence-corrected chi connectivity index (χ2v) is 9.96. The summed E-state index contributed by atoms with van der Waals surface area (Å²) < 4.78 is 29.8. The van der Waals surface area contributed by atoms with Gasteiger partial charge in [-0.3, -0.25) is 14.2 Å². The molecule has 1 N–H and O–H groups in total. The number of esters is 1. The van der Waals surface area contributed by atoms with Crippen LogP contribution < -0.4 is 10.9 Å². The maximum atomic E-state index is 12.8. The van der Waals surface area contributed by atoms with Crippen molar-refractivity contribution >= 4 is 38.3 Å². The lowest BCUT2D eigenvalue weighted by Crippen LogP contribution is -2.25. The molecule has 0 spiro atoms. The molecule has 0 saturated heterocycles. The zero-order valence-electron chi connectivity index (χ0n) is 18.0. The first-order chi connectivity index (χ1) is 15.7. The van der Waals surface area contributed by atoms with Gasteiger partial charge < -0.3 is 10.1 Å². The quantitative estimate of drug-likeness (QED) is 0.569. The van der Waals surface area contributed by atoms with Crippen molar-refractivity contribution in [3.8, 4) is 0 Å². The number of amides is 1. The molecule has 1 aliphatic heterocycles. The largest absolute Gasteiger partial charge is 0.452 e. The zero-order valence-corrected chi connectivity index (χ0v) is 18.9. The van der Waals surface area contributed by atoms with E-state index < -0.39 is 28.3 Å². The number of benzene rings is 2. The number of rotatable bonds is 5. The number of fused-ring (bicyclic) bond motifs is 2. The molecule has 10 heteroatoms. The number of aromatic nitrogens is 2. The third-order valence-electron chi connectivity index (χ3n) is 5.45. The van der Waals surface area contributed by atoms with Gasteiger partial charge in [0.15, 0.2) is 16.4 Å². The molecular weight excluding hydrogens is 446 g/mol. The second kappa shape index (κ2) is 9.14. The third-order valence-corrected chi connectivity index (χ3v) is 6.58. The van der Waals surface area contributed by atoms with Gasteiger partial charge in [0, 0.05) is 24.9 Å². The van der Waals surface area contributed by atoms with Crippen molar-refractivity contribution in [2.75, 3.05) is 18.2 Å². The smallest absolute Gasteiger partial charge is 0.338 e. The van der Waals surface area contributed by atoms with Crippen LogP contribution >= 0.6 is 0 Å². The predicted octanol–water partition coefficient (Wildman–Crippen LogP) is 2.32. The van der Waals surface area contributed by atoms with Gasteiger partial charge in [0.25, 0.3) is 11.5 Å². The minimum Gasteiger partial charge on any atom is -0.452 e. The molecule has 2 aromatic carbocycles. The second-order valence-electron chi connectivity index (χ2n) is 7.95. The summed E-state index contributed by atoms with van der Waals surface area (Å²) in [5.74, 6) is -0.564. The van der Waals surface area contributed by atoms with Crippen LogP contribution in [0.4, 0.5) is 5.69 Å². The standard InChI is InChI=1S/C23H23N3O6S/c1-33(30,31)17-9-7-16(8-10-17)24-21(27)14-32-23(29)15-6-11-18-19(13-15)25-20-5-3-2-4-12-26(20)22(18)28/h6-11,13H,2-5,12,14H2,1H3,(H,24,27). The molecule has 9 nitrogen and oxygen atoms in total. The number of hydrogen-bond donors (Lipinski definition) is 1. The molecule has 4 rings (SSSR count). The number of carbonyl (C=O) groups is 2. The van der Waals surface area contributed by atoms with Crippen LogP contribution in [0.15, 0.2) is 52.2 Å². The molecule has 0 saturated carbocycles. The van der Waals surface area contributed by atoms with E-state index in [-0.39, 0.29) is 16.0 Å². The van der Waals surface area contributed by atoms with Gasteiger partial charge in [0.05, 0.1) is 21.4 Å². The molecule has 1 amide bonds. The van der Waals surface area contributed by atoms with E-state index in [1.54, 1.807) is 10.6 Å². The minimum absolute atomic E-state index is 0.113. The Bertz CT molecular complexity index is 1390. The van der Waals surface area contributed by atoms with Crippen LogP contribution in [0.1, 0.15) is 35.4 Å². The number of nitrogens with zero attached hydrogens (tertiary/aromatic N) is 2. The minimum atomic E-state index is -3.33. The Labute approximate surface area is 190 Å². The van der Waals surface area contributed by atoms with Crippen molar-refractivity contribution in [2.24, 2.45) is 0 Å². The number of aryl methyl sites for hydroxylation is 1. The maximum Gasteiger partial charge on any atom is 0.338 e. The van der Waals surface area contributed by atoms with Crippen molar-refractivity contribution in [3.63, 3.8) is 0 Å². The molecule has 0 radical (unpaired) electrons. The van der Waals surface area contributed by atoms with E-state index in [4.69, 9.17) is 4.74 Å². The molecule has 3 aromatic rings. The van der Waals surface area contributed by atoms with Crippen LogP contribution in [0.2, 0.25) is 0 Å². The van der Waals surface area contributed by atoms with E-state index in [1.165, 1.54) is 36.4 Å². The predicted molar refractivity (Wildman–Crippen MR) is 122 cm³/mol. The highest BCUT2D eigenvalue weighted by molar-refractivity contribution is 7.90. The molecule has 0 bridgehead atoms. The van der Waals surface area contributed by atoms with E-state index in [0.29, 0.717) is 29.6 Å². The third kappa shape index (κ3) is 5.11. The van der Waals surface area contributed by atoms with Crippen molar-refractivity contribution < 1.29 is 22.7 Å². The van der Waals surface area contributed by atoms with Gasteiger partial charge >= 0.3 is 5.97 Å². The Balaban J connectivity index is 1.43. The highest BCUT2D eigenvalue weighted by Gasteiger charge is 2.17. The number of anilines is 1. The van der Waals surface area contributed by atoms with E-state index in [2.05, 4.69) is 10.3 Å². The Kier molecular flexibility index (Phi) is 6.28. The van der Waals surface area contributed by atoms with Crippen molar-refractivity contribution in [2.45, 2.75) is 37.1 Å². The summed E-state index contributed by atoms with van der Waals surface area (Å²) in [6.07, 6.45) is 4.75. The first kappa shape index (κ1) is 22.7. The summed E-state index contributed by atoms with van der Waals surface area (Å²) >= 11 is 0. The lowest BCUT2D eigenvalue weighted by molar-refractivity contribution is -0.119. The molecule has 2 heterocycles. The zero-order chi connectivity index (χ0) is 23.6. The molecule has 0 atom stereocenters. The highest BCUT2D eigenvalue weighted by Crippen LogP contribution is 2.17. The topological polar surface area (TPSA) is 124 Å². The van der Waals surface area contributed by atoms with Gasteiger partial charge in [-0.05, 0) is 55.3 Å². The van der Waals surface area contributed by atoms with Crippen molar-refractivity contribution in [1.29, 1.82) is 0 Å². The SMILES string of the molecule is CS(=O)(=O)c1ccc(NC(=O)COC(=O)c2ccc3c(=O)n4c(nc3c2)CCCCC4)cc1. The summed E-state index contributed by atoms with van der Waals surface area (Å²) in [6, 6.07) is 10.2. The first-order valence-electron chi connectivity index (χ1n) is 10.5. The van der Waals surface area contributed by atoms with Crippen molar-refractivity contribution in [3.05, 3.63) is 64.2 Å². The molecule has 0 aliphatic carbocycles. The molecule has 1 aliphatic rings. The molecule has 1 aromatic heterocycles. The van der Waals surface area contributed by atoms with E-state index >= 15 is 0 Å². The molecular formula is C23H23N3O6S. The fourth-order valence-electron chi connectivity index (χ4n) is 3.74. The summed E-state index contributed by atoms with van der Waals surface area (Å²) in [5.41, 5.74) is 0.883. The molecule has 0 fully saturated rings. The van der Waals surface area contributed by atoms with Gasteiger partial charge in [0.2, 0.25) is 0 Å². The Morgan fingerprint density at radius 3 is 2.58 bits per heavy atom. The Hall–Kier alpha value is -3.53. The summed E-state index contributed by atoms with van der Waals surface area (Å²) in [4.78, 5) is 42.1. The van der Waals surface area contributed by atoms with Crippen LogP contribution in [0, 0.1) is 0 Å². The van der Waals surface area contributed by atoms with E-state index in [0.717, 1.165) is 31.3 Å². The van der Waals surface area contributed by atoms with Crippen molar-refractivity contribution in [1.82, 2.24) is 9.55 Å². The van der Waals surface area contributed by atoms with Crippen LogP contribution in [0.25, 0.3) is 10.9 Å². The number of sulfone groups is 1. The average Bonchev–Trinajstić information content (AvgIpc) is 3.03. The number of carbonyl (C=O) groups excluding carboxylic acids is 2. The van der Waals surface area contributed by atoms with Gasteiger partial charge in [-0.1, -0.05) is 6.42 Å². The van der Waals surface area contributed by atoms with Crippen LogP contribution in [-0.4, -0.2) is 42.7 Å². The number of nitrogens with one attached hydrogen (secondary N) is 1. The van der Waals surface area contributed by atoms with Gasteiger partial charge in [-0.2, -0.15) is 0 Å². The first-order valence-corrected chi connectivity index (χ1v) is 12.4. The van der Waals surface area contributed by atoms with E-state index in [9.17, 15) is 22.8 Å². The molecule has 33 heavy (non-hydrogen) atoms. The monoisotopic (exact) mass is 469 g/mol. The summed E-state index contributed by atoms with van der Waals surface area (Å²) in [5, 5.41) is 2.97. The normalized spacial score (nSPS) is 13.7. The lowest BCUT2D eigenvalue weighted by Gasteiger charge is -2.11. The van der Waals surface area contributed by atoms with Crippen LogP contribution in [-0.2, 0) is 32.3 Å². The highest BCUT2D eigenvalue weighted by atomic mass is 32.2. The van der Waals surface area contributed by atoms with Gasteiger partial charge in [0.1, 0.15) is 5.82 Å². The average molecular weight is 470 g/mol. The molecule has 0 unspecified atom stereocenters.